The fourth-order valence-corrected chi connectivity index (χ4v) is 3.81. The quantitative estimate of drug-likeness (QED) is 0.449. The van der Waals surface area contributed by atoms with Crippen LogP contribution < -0.4 is 5.43 Å². The summed E-state index contributed by atoms with van der Waals surface area (Å²) >= 11 is 3.25. The first-order valence-electron chi connectivity index (χ1n) is 7.96. The van der Waals surface area contributed by atoms with Crippen LogP contribution in [-0.2, 0) is 9.84 Å². The monoisotopic (exact) mass is 444 g/mol. The van der Waals surface area contributed by atoms with E-state index in [-0.39, 0.29) is 15.9 Å². The Kier molecular flexibility index (Phi) is 4.28. The van der Waals surface area contributed by atoms with Gasteiger partial charge in [-0.05, 0) is 64.5 Å². The normalized spacial score (nSPS) is 11.8. The molecule has 0 spiro atoms. The van der Waals surface area contributed by atoms with Gasteiger partial charge in [0.1, 0.15) is 22.7 Å². The fourth-order valence-electron chi connectivity index (χ4n) is 2.87. The van der Waals surface area contributed by atoms with Crippen LogP contribution in [0.3, 0.4) is 0 Å². The molecule has 0 fully saturated rings. The van der Waals surface area contributed by atoms with Gasteiger partial charge in [-0.25, -0.2) is 8.42 Å². The predicted molar refractivity (Wildman–Crippen MR) is 106 cm³/mol. The molecule has 4 aromatic rings. The lowest BCUT2D eigenvalue weighted by Gasteiger charge is -2.09. The van der Waals surface area contributed by atoms with Gasteiger partial charge in [-0.1, -0.05) is 12.1 Å². The molecule has 2 heterocycles. The minimum absolute atomic E-state index is 0.191. The van der Waals surface area contributed by atoms with Crippen LogP contribution in [-0.4, -0.2) is 14.7 Å². The Labute approximate surface area is 163 Å². The summed E-state index contributed by atoms with van der Waals surface area (Å²) in [5, 5.41) is 0.441. The highest BCUT2D eigenvalue weighted by Gasteiger charge is 2.20. The number of benzene rings is 2. The van der Waals surface area contributed by atoms with Gasteiger partial charge in [0, 0.05) is 11.8 Å². The van der Waals surface area contributed by atoms with Gasteiger partial charge in [-0.2, -0.15) is 0 Å². The summed E-state index contributed by atoms with van der Waals surface area (Å²) in [7, 11) is -3.32. The van der Waals surface area contributed by atoms with E-state index in [1.54, 1.807) is 48.5 Å². The molecular weight excluding hydrogens is 432 g/mol. The highest BCUT2D eigenvalue weighted by atomic mass is 79.9. The van der Waals surface area contributed by atoms with E-state index in [1.165, 1.54) is 12.1 Å². The largest absolute Gasteiger partial charge is 0.455 e. The third-order valence-corrected chi connectivity index (χ3v) is 5.72. The lowest BCUT2D eigenvalue weighted by Crippen LogP contribution is -2.07. The van der Waals surface area contributed by atoms with Crippen LogP contribution in [0.25, 0.3) is 33.6 Å². The Morgan fingerprint density at radius 3 is 2.22 bits per heavy atom. The third-order valence-electron chi connectivity index (χ3n) is 4.16. The molecule has 0 atom stereocenters. The van der Waals surface area contributed by atoms with E-state index in [9.17, 15) is 13.2 Å². The molecule has 4 rings (SSSR count). The molecule has 0 aliphatic rings. The lowest BCUT2D eigenvalue weighted by molar-refractivity contribution is 0.550. The molecule has 0 saturated carbocycles. The average molecular weight is 445 g/mol. The molecule has 0 unspecified atom stereocenters. The fraction of sp³-hybridized carbons (Fsp3) is 0.0500. The first-order chi connectivity index (χ1) is 12.8. The second kappa shape index (κ2) is 6.51. The summed E-state index contributed by atoms with van der Waals surface area (Å²) in [4.78, 5) is 13.3. The van der Waals surface area contributed by atoms with Crippen LogP contribution in [0.4, 0.5) is 0 Å². The zero-order valence-corrected chi connectivity index (χ0v) is 16.5. The summed E-state index contributed by atoms with van der Waals surface area (Å²) in [6.45, 7) is 0. The van der Waals surface area contributed by atoms with Crippen molar-refractivity contribution in [3.8, 4) is 22.6 Å². The molecule has 2 aromatic carbocycles. The first kappa shape index (κ1) is 17.8. The lowest BCUT2D eigenvalue weighted by atomic mass is 10.0. The second-order valence-corrected chi connectivity index (χ2v) is 8.83. The van der Waals surface area contributed by atoms with E-state index in [4.69, 9.17) is 8.83 Å². The Bertz CT molecular complexity index is 1310. The van der Waals surface area contributed by atoms with Gasteiger partial charge >= 0.3 is 0 Å². The molecule has 0 N–H and O–H groups in total. The molecule has 0 bridgehead atoms. The average Bonchev–Trinajstić information content (AvgIpc) is 3.07. The van der Waals surface area contributed by atoms with Gasteiger partial charge < -0.3 is 8.83 Å². The topological polar surface area (TPSA) is 77.5 Å². The smallest absolute Gasteiger partial charge is 0.204 e. The summed E-state index contributed by atoms with van der Waals surface area (Å²) in [5.41, 5.74) is 1.08. The van der Waals surface area contributed by atoms with Crippen LogP contribution in [0.15, 0.2) is 83.9 Å². The van der Waals surface area contributed by atoms with E-state index >= 15 is 0 Å². The number of para-hydroxylation sites is 1. The summed E-state index contributed by atoms with van der Waals surface area (Å²) in [6.07, 6.45) is 1.14. The Hall–Kier alpha value is -2.64. The summed E-state index contributed by atoms with van der Waals surface area (Å²) < 4.78 is 35.5. The number of sulfone groups is 1. The number of hydrogen-bond acceptors (Lipinski definition) is 5. The molecule has 7 heteroatoms. The molecule has 27 heavy (non-hydrogen) atoms. The van der Waals surface area contributed by atoms with Crippen molar-refractivity contribution in [3.63, 3.8) is 0 Å². The van der Waals surface area contributed by atoms with Crippen molar-refractivity contribution in [1.29, 1.82) is 0 Å². The molecule has 0 amide bonds. The zero-order chi connectivity index (χ0) is 19.2. The van der Waals surface area contributed by atoms with Crippen molar-refractivity contribution >= 4 is 36.7 Å². The van der Waals surface area contributed by atoms with Crippen LogP contribution in [0.5, 0.6) is 0 Å². The summed E-state index contributed by atoms with van der Waals surface area (Å²) in [6, 6.07) is 16.5. The molecule has 2 aromatic heterocycles. The van der Waals surface area contributed by atoms with Crippen molar-refractivity contribution < 1.29 is 17.3 Å². The van der Waals surface area contributed by atoms with Gasteiger partial charge in [0.25, 0.3) is 0 Å². The summed E-state index contributed by atoms with van der Waals surface area (Å²) in [5.74, 6) is 0.684. The van der Waals surface area contributed by atoms with Crippen molar-refractivity contribution in [1.82, 2.24) is 0 Å². The maximum absolute atomic E-state index is 13.1. The van der Waals surface area contributed by atoms with E-state index in [1.807, 2.05) is 0 Å². The van der Waals surface area contributed by atoms with Gasteiger partial charge in [-0.15, -0.1) is 0 Å². The van der Waals surface area contributed by atoms with Gasteiger partial charge in [-0.3, -0.25) is 4.79 Å². The molecular formula is C20H13BrO5S. The maximum atomic E-state index is 13.1. The Balaban J connectivity index is 2.03. The second-order valence-electron chi connectivity index (χ2n) is 6.03. The third kappa shape index (κ3) is 3.24. The van der Waals surface area contributed by atoms with E-state index in [0.717, 1.165) is 6.26 Å². The number of hydrogen-bond donors (Lipinski definition) is 0. The van der Waals surface area contributed by atoms with Gasteiger partial charge in [0.15, 0.2) is 14.5 Å². The van der Waals surface area contributed by atoms with Crippen LogP contribution in [0.2, 0.25) is 0 Å². The number of halogens is 1. The van der Waals surface area contributed by atoms with Crippen molar-refractivity contribution in [2.24, 2.45) is 0 Å². The predicted octanol–water partition coefficient (Wildman–Crippen LogP) is 4.89. The maximum Gasteiger partial charge on any atom is 0.204 e. The van der Waals surface area contributed by atoms with E-state index < -0.39 is 9.84 Å². The van der Waals surface area contributed by atoms with Crippen LogP contribution >= 0.6 is 15.9 Å². The Morgan fingerprint density at radius 2 is 1.59 bits per heavy atom. The SMILES string of the molecule is CS(=O)(=O)c1ccc(-c2oc3ccccc3c(=O)c2-c2ccc(Br)o2)cc1. The molecule has 0 saturated heterocycles. The van der Waals surface area contributed by atoms with E-state index in [2.05, 4.69) is 15.9 Å². The van der Waals surface area contributed by atoms with Gasteiger partial charge in [0.05, 0.1) is 10.3 Å². The molecule has 136 valence electrons. The van der Waals surface area contributed by atoms with Gasteiger partial charge in [0.2, 0.25) is 5.43 Å². The van der Waals surface area contributed by atoms with Crippen molar-refractivity contribution in [2.45, 2.75) is 4.90 Å². The zero-order valence-electron chi connectivity index (χ0n) is 14.1. The molecule has 0 aliphatic carbocycles. The number of fused-ring (bicyclic) bond motifs is 1. The standard InChI is InChI=1S/C20H13BrO5S/c1-27(23,24)13-8-6-12(7-9-13)20-18(16-10-11-17(21)25-16)19(22)14-4-2-3-5-15(14)26-20/h2-11H,1H3. The minimum atomic E-state index is -3.32. The highest BCUT2D eigenvalue weighted by Crippen LogP contribution is 2.34. The minimum Gasteiger partial charge on any atom is -0.455 e. The van der Waals surface area contributed by atoms with Crippen molar-refractivity contribution in [3.05, 3.63) is 75.6 Å². The van der Waals surface area contributed by atoms with Crippen LogP contribution in [0.1, 0.15) is 0 Å². The van der Waals surface area contributed by atoms with Crippen LogP contribution in [0, 0.1) is 0 Å². The highest BCUT2D eigenvalue weighted by molar-refractivity contribution is 9.10. The molecule has 0 radical (unpaired) electrons. The van der Waals surface area contributed by atoms with E-state index in [0.29, 0.717) is 32.7 Å². The molecule has 5 nitrogen and oxygen atoms in total. The number of rotatable bonds is 3. The first-order valence-corrected chi connectivity index (χ1v) is 10.6. The van der Waals surface area contributed by atoms with Crippen molar-refractivity contribution in [2.75, 3.05) is 6.26 Å². The Morgan fingerprint density at radius 1 is 0.889 bits per heavy atom. The molecule has 0 aliphatic heterocycles. The number of furan rings is 1.